The maximum absolute atomic E-state index is 12.0. The predicted molar refractivity (Wildman–Crippen MR) is 94.3 cm³/mol. The average Bonchev–Trinajstić information content (AvgIpc) is 3.06. The second kappa shape index (κ2) is 7.11. The van der Waals surface area contributed by atoms with Gasteiger partial charge in [0.05, 0.1) is 12.2 Å². The fourth-order valence-electron chi connectivity index (χ4n) is 2.49. The van der Waals surface area contributed by atoms with Gasteiger partial charge in [-0.25, -0.2) is 14.4 Å². The second-order valence-electron chi connectivity index (χ2n) is 6.24. The Morgan fingerprint density at radius 3 is 2.26 bits per heavy atom. The van der Waals surface area contributed by atoms with Crippen molar-refractivity contribution < 1.29 is 33.0 Å². The van der Waals surface area contributed by atoms with Crippen LogP contribution >= 0.6 is 0 Å². The minimum absolute atomic E-state index is 0.243. The lowest BCUT2D eigenvalue weighted by Gasteiger charge is -2.29. The normalized spacial score (nSPS) is 15.7. The fraction of sp³-hybridized carbons (Fsp3) is 0.250. The van der Waals surface area contributed by atoms with Crippen molar-refractivity contribution in [3.05, 3.63) is 53.3 Å². The number of rotatable bonds is 4. The number of furan rings is 1. The molecule has 0 atom stereocenters. The Hall–Kier alpha value is -3.35. The molecule has 0 aliphatic carbocycles. The molecule has 0 N–H and O–H groups in total. The first-order chi connectivity index (χ1) is 12.8. The second-order valence-corrected chi connectivity index (χ2v) is 6.24. The van der Waals surface area contributed by atoms with Crippen molar-refractivity contribution in [2.24, 2.45) is 0 Å². The third-order valence-corrected chi connectivity index (χ3v) is 3.71. The minimum atomic E-state index is -1.29. The Morgan fingerprint density at radius 2 is 1.67 bits per heavy atom. The summed E-state index contributed by atoms with van der Waals surface area (Å²) in [5.41, 5.74) is 0.917. The summed E-state index contributed by atoms with van der Waals surface area (Å²) in [6.07, 6.45) is 1.27. The van der Waals surface area contributed by atoms with Gasteiger partial charge in [0.1, 0.15) is 17.1 Å². The molecule has 3 rings (SSSR count). The van der Waals surface area contributed by atoms with Crippen molar-refractivity contribution in [1.29, 1.82) is 0 Å². The summed E-state index contributed by atoms with van der Waals surface area (Å²) in [7, 11) is 0. The van der Waals surface area contributed by atoms with Gasteiger partial charge in [0.2, 0.25) is 0 Å². The molecular weight excluding hydrogens is 352 g/mol. The first kappa shape index (κ1) is 18.4. The van der Waals surface area contributed by atoms with Crippen LogP contribution in [0, 0.1) is 0 Å². The van der Waals surface area contributed by atoms with Gasteiger partial charge in [-0.15, -0.1) is 0 Å². The Morgan fingerprint density at radius 1 is 1.04 bits per heavy atom. The van der Waals surface area contributed by atoms with Gasteiger partial charge in [-0.2, -0.15) is 0 Å². The van der Waals surface area contributed by atoms with E-state index in [-0.39, 0.29) is 5.57 Å². The molecule has 1 aromatic carbocycles. The minimum Gasteiger partial charge on any atom is -0.462 e. The highest BCUT2D eigenvalue weighted by atomic mass is 16.7. The average molecular weight is 370 g/mol. The van der Waals surface area contributed by atoms with Gasteiger partial charge in [0.15, 0.2) is 0 Å². The van der Waals surface area contributed by atoms with E-state index in [9.17, 15) is 14.4 Å². The number of hydrogen-bond acceptors (Lipinski definition) is 7. The lowest BCUT2D eigenvalue weighted by atomic mass is 10.1. The highest BCUT2D eigenvalue weighted by Gasteiger charge is 2.39. The highest BCUT2D eigenvalue weighted by Crippen LogP contribution is 2.27. The van der Waals surface area contributed by atoms with Gasteiger partial charge in [-0.1, -0.05) is 12.1 Å². The zero-order chi connectivity index (χ0) is 19.6. The SMILES string of the molecule is CCOC(=O)c1ccc(-c2ccc(C=C3C(=O)OC(C)(C)OC3=O)o2)cc1. The van der Waals surface area contributed by atoms with Gasteiger partial charge in [-0.05, 0) is 31.2 Å². The molecule has 140 valence electrons. The van der Waals surface area contributed by atoms with Crippen molar-refractivity contribution >= 4 is 24.0 Å². The number of cyclic esters (lactones) is 2. The van der Waals surface area contributed by atoms with Crippen LogP contribution in [0.1, 0.15) is 36.9 Å². The zero-order valence-corrected chi connectivity index (χ0v) is 15.1. The highest BCUT2D eigenvalue weighted by molar-refractivity contribution is 6.18. The van der Waals surface area contributed by atoms with Crippen LogP contribution in [-0.4, -0.2) is 30.3 Å². The van der Waals surface area contributed by atoms with Crippen molar-refractivity contribution in [3.8, 4) is 11.3 Å². The summed E-state index contributed by atoms with van der Waals surface area (Å²) in [5, 5.41) is 0. The largest absolute Gasteiger partial charge is 0.462 e. The number of ether oxygens (including phenoxy) is 3. The van der Waals surface area contributed by atoms with Crippen molar-refractivity contribution in [2.45, 2.75) is 26.6 Å². The molecule has 2 heterocycles. The topological polar surface area (TPSA) is 92.0 Å². The molecule has 7 heteroatoms. The lowest BCUT2D eigenvalue weighted by molar-refractivity contribution is -0.222. The van der Waals surface area contributed by atoms with Gasteiger partial charge >= 0.3 is 17.9 Å². The predicted octanol–water partition coefficient (Wildman–Crippen LogP) is 3.34. The summed E-state index contributed by atoms with van der Waals surface area (Å²) in [5.74, 6) is -2.43. The quantitative estimate of drug-likeness (QED) is 0.463. The first-order valence-corrected chi connectivity index (χ1v) is 8.35. The van der Waals surface area contributed by atoms with Crippen LogP contribution in [0.4, 0.5) is 0 Å². The molecule has 7 nitrogen and oxygen atoms in total. The molecule has 0 bridgehead atoms. The molecule has 27 heavy (non-hydrogen) atoms. The Balaban J connectivity index is 1.80. The van der Waals surface area contributed by atoms with Gasteiger partial charge in [0.25, 0.3) is 5.79 Å². The van der Waals surface area contributed by atoms with E-state index in [0.29, 0.717) is 23.7 Å². The van der Waals surface area contributed by atoms with E-state index in [2.05, 4.69) is 0 Å². The smallest absolute Gasteiger partial charge is 0.348 e. The number of esters is 3. The Labute approximate surface area is 155 Å². The van der Waals surface area contributed by atoms with Crippen LogP contribution in [0.15, 0.2) is 46.4 Å². The lowest BCUT2D eigenvalue weighted by Crippen LogP contribution is -2.41. The van der Waals surface area contributed by atoms with Crippen LogP contribution < -0.4 is 0 Å². The monoisotopic (exact) mass is 370 g/mol. The fourth-order valence-corrected chi connectivity index (χ4v) is 2.49. The van der Waals surface area contributed by atoms with E-state index in [0.717, 1.165) is 5.56 Å². The number of carbonyl (C=O) groups excluding carboxylic acids is 3. The van der Waals surface area contributed by atoms with Crippen LogP contribution in [0.2, 0.25) is 0 Å². The van der Waals surface area contributed by atoms with Gasteiger partial charge in [0, 0.05) is 25.5 Å². The molecule has 1 aliphatic rings. The Kier molecular flexibility index (Phi) is 4.85. The molecule has 2 aromatic rings. The molecule has 1 aliphatic heterocycles. The molecular formula is C20H18O7. The maximum atomic E-state index is 12.0. The molecule has 0 spiro atoms. The van der Waals surface area contributed by atoms with Crippen molar-refractivity contribution in [2.75, 3.05) is 6.61 Å². The van der Waals surface area contributed by atoms with E-state index in [1.807, 2.05) is 0 Å². The Bertz CT molecular complexity index is 894. The van der Waals surface area contributed by atoms with E-state index < -0.39 is 23.7 Å². The van der Waals surface area contributed by atoms with Gasteiger partial charge in [-0.3, -0.25) is 0 Å². The molecule has 0 unspecified atom stereocenters. The molecule has 1 aromatic heterocycles. The summed E-state index contributed by atoms with van der Waals surface area (Å²) in [6, 6.07) is 10.00. The van der Waals surface area contributed by atoms with Crippen LogP contribution in [0.3, 0.4) is 0 Å². The number of benzene rings is 1. The molecule has 1 fully saturated rings. The summed E-state index contributed by atoms with van der Waals surface area (Å²) < 4.78 is 20.7. The van der Waals surface area contributed by atoms with E-state index >= 15 is 0 Å². The molecule has 0 radical (unpaired) electrons. The summed E-state index contributed by atoms with van der Waals surface area (Å²) in [4.78, 5) is 35.6. The van der Waals surface area contributed by atoms with Crippen molar-refractivity contribution in [3.63, 3.8) is 0 Å². The molecule has 1 saturated heterocycles. The van der Waals surface area contributed by atoms with Gasteiger partial charge < -0.3 is 18.6 Å². The van der Waals surface area contributed by atoms with E-state index in [4.69, 9.17) is 18.6 Å². The summed E-state index contributed by atoms with van der Waals surface area (Å²) >= 11 is 0. The zero-order valence-electron chi connectivity index (χ0n) is 15.1. The van der Waals surface area contributed by atoms with E-state index in [1.165, 1.54) is 19.9 Å². The van der Waals surface area contributed by atoms with Crippen LogP contribution in [0.25, 0.3) is 17.4 Å². The third kappa shape index (κ3) is 4.08. The first-order valence-electron chi connectivity index (χ1n) is 8.35. The standard InChI is InChI=1S/C20H18O7/c1-4-24-17(21)13-7-5-12(6-8-13)16-10-9-14(25-16)11-15-18(22)26-20(2,3)27-19(15)23/h5-11H,4H2,1-3H3. The van der Waals surface area contributed by atoms with Crippen LogP contribution in [-0.2, 0) is 23.8 Å². The van der Waals surface area contributed by atoms with Crippen molar-refractivity contribution in [1.82, 2.24) is 0 Å². The number of hydrogen-bond donors (Lipinski definition) is 0. The van der Waals surface area contributed by atoms with Crippen LogP contribution in [0.5, 0.6) is 0 Å². The third-order valence-electron chi connectivity index (χ3n) is 3.71. The maximum Gasteiger partial charge on any atom is 0.348 e. The molecule has 0 saturated carbocycles. The number of carbonyl (C=O) groups is 3. The molecule has 0 amide bonds. The summed E-state index contributed by atoms with van der Waals surface area (Å²) in [6.45, 7) is 5.00. The van der Waals surface area contributed by atoms with E-state index in [1.54, 1.807) is 43.3 Å².